The third kappa shape index (κ3) is 5.71. The minimum Gasteiger partial charge on any atom is -0.497 e. The summed E-state index contributed by atoms with van der Waals surface area (Å²) in [5.74, 6) is -1.41. The Morgan fingerprint density at radius 2 is 1.82 bits per heavy atom. The lowest BCUT2D eigenvalue weighted by Crippen LogP contribution is -2.59. The number of methoxy groups -OCH3 is 1. The van der Waals surface area contributed by atoms with Crippen molar-refractivity contribution in [1.29, 1.82) is 0 Å². The van der Waals surface area contributed by atoms with E-state index < -0.39 is 48.1 Å². The number of fused-ring (bicyclic) bond motifs is 1. The molecule has 0 aliphatic carbocycles. The SMILES string of the molecule is COc1cc(-c2c(Cl)cc(C(=O)N3CCN(C(=O)OC(C)(C)C)CC3C(F)F)c(N)c2F)c2ccccc2c1. The normalized spacial score (nSPS) is 16.1. The van der Waals surface area contributed by atoms with Crippen LogP contribution in [0.4, 0.5) is 23.7 Å². The Hall–Kier alpha value is -3.66. The highest BCUT2D eigenvalue weighted by molar-refractivity contribution is 6.34. The van der Waals surface area contributed by atoms with E-state index in [-0.39, 0.29) is 29.2 Å². The van der Waals surface area contributed by atoms with Crippen LogP contribution in [0.3, 0.4) is 0 Å². The molecular formula is C28H29ClF3N3O4. The van der Waals surface area contributed by atoms with Crippen molar-refractivity contribution in [3.63, 3.8) is 0 Å². The maximum absolute atomic E-state index is 15.8. The number of rotatable bonds is 4. The maximum Gasteiger partial charge on any atom is 0.410 e. The number of nitrogen functional groups attached to an aromatic ring is 1. The molecule has 0 spiro atoms. The van der Waals surface area contributed by atoms with Crippen LogP contribution in [-0.2, 0) is 4.74 Å². The fraction of sp³-hybridized carbons (Fsp3) is 0.357. The van der Waals surface area contributed by atoms with Gasteiger partial charge in [-0.05, 0) is 55.3 Å². The number of carbonyl (C=O) groups excluding carboxylic acids is 2. The van der Waals surface area contributed by atoms with Crippen molar-refractivity contribution < 1.29 is 32.2 Å². The summed E-state index contributed by atoms with van der Waals surface area (Å²) in [4.78, 5) is 27.9. The fourth-order valence-electron chi connectivity index (χ4n) is 4.59. The van der Waals surface area contributed by atoms with Gasteiger partial charge in [-0.25, -0.2) is 18.0 Å². The highest BCUT2D eigenvalue weighted by Crippen LogP contribution is 2.41. The van der Waals surface area contributed by atoms with E-state index in [0.717, 1.165) is 15.2 Å². The molecule has 0 bridgehead atoms. The molecule has 208 valence electrons. The number of alkyl halides is 2. The molecule has 1 unspecified atom stereocenters. The topological polar surface area (TPSA) is 85.1 Å². The minimum atomic E-state index is -2.98. The van der Waals surface area contributed by atoms with Gasteiger partial charge in [-0.3, -0.25) is 4.79 Å². The maximum atomic E-state index is 15.8. The van der Waals surface area contributed by atoms with Gasteiger partial charge in [-0.2, -0.15) is 0 Å². The largest absolute Gasteiger partial charge is 0.497 e. The van der Waals surface area contributed by atoms with Crippen molar-refractivity contribution in [3.8, 4) is 16.9 Å². The highest BCUT2D eigenvalue weighted by Gasteiger charge is 2.40. The number of nitrogens with zero attached hydrogens (tertiary/aromatic N) is 2. The van der Waals surface area contributed by atoms with Crippen LogP contribution < -0.4 is 10.5 Å². The van der Waals surface area contributed by atoms with Crippen molar-refractivity contribution in [3.05, 3.63) is 58.9 Å². The van der Waals surface area contributed by atoms with Gasteiger partial charge in [-0.15, -0.1) is 0 Å². The van der Waals surface area contributed by atoms with Gasteiger partial charge in [0.25, 0.3) is 12.3 Å². The Morgan fingerprint density at radius 1 is 1.13 bits per heavy atom. The smallest absolute Gasteiger partial charge is 0.410 e. The number of anilines is 1. The molecule has 0 aromatic heterocycles. The van der Waals surface area contributed by atoms with Crippen molar-refractivity contribution in [2.24, 2.45) is 0 Å². The third-order valence-corrected chi connectivity index (χ3v) is 6.75. The number of ether oxygens (including phenoxy) is 2. The zero-order valence-corrected chi connectivity index (χ0v) is 22.7. The van der Waals surface area contributed by atoms with E-state index in [1.807, 2.05) is 12.1 Å². The van der Waals surface area contributed by atoms with E-state index in [4.69, 9.17) is 26.8 Å². The van der Waals surface area contributed by atoms with Crippen molar-refractivity contribution in [2.45, 2.75) is 38.8 Å². The van der Waals surface area contributed by atoms with Crippen LogP contribution in [0.15, 0.2) is 42.5 Å². The van der Waals surface area contributed by atoms with E-state index in [2.05, 4.69) is 0 Å². The number of carbonyl (C=O) groups is 2. The summed E-state index contributed by atoms with van der Waals surface area (Å²) >= 11 is 6.52. The predicted molar refractivity (Wildman–Crippen MR) is 144 cm³/mol. The summed E-state index contributed by atoms with van der Waals surface area (Å²) in [5, 5.41) is 1.32. The summed E-state index contributed by atoms with van der Waals surface area (Å²) in [6.45, 7) is 4.25. The third-order valence-electron chi connectivity index (χ3n) is 6.45. The molecule has 7 nitrogen and oxygen atoms in total. The molecule has 0 radical (unpaired) electrons. The van der Waals surface area contributed by atoms with Gasteiger partial charge in [-0.1, -0.05) is 35.9 Å². The number of hydrogen-bond acceptors (Lipinski definition) is 5. The second kappa shape index (κ2) is 10.8. The number of halogens is 4. The quantitative estimate of drug-likeness (QED) is 0.381. The summed E-state index contributed by atoms with van der Waals surface area (Å²) in [7, 11) is 1.48. The second-order valence-corrected chi connectivity index (χ2v) is 10.6. The van der Waals surface area contributed by atoms with Crippen LogP contribution in [0.5, 0.6) is 5.75 Å². The highest BCUT2D eigenvalue weighted by atomic mass is 35.5. The van der Waals surface area contributed by atoms with Crippen molar-refractivity contribution >= 4 is 40.1 Å². The van der Waals surface area contributed by atoms with E-state index in [1.54, 1.807) is 45.0 Å². The second-order valence-electron chi connectivity index (χ2n) is 10.2. The van der Waals surface area contributed by atoms with Gasteiger partial charge in [0.05, 0.1) is 29.9 Å². The Bertz CT molecular complexity index is 1430. The van der Waals surface area contributed by atoms with Gasteiger partial charge in [0.1, 0.15) is 17.4 Å². The molecule has 1 aliphatic heterocycles. The van der Waals surface area contributed by atoms with Gasteiger partial charge in [0, 0.05) is 18.7 Å². The zero-order valence-electron chi connectivity index (χ0n) is 21.9. The van der Waals surface area contributed by atoms with Crippen LogP contribution in [0.2, 0.25) is 5.02 Å². The first-order valence-electron chi connectivity index (χ1n) is 12.2. The number of amides is 2. The molecule has 3 aromatic carbocycles. The molecule has 11 heteroatoms. The van der Waals surface area contributed by atoms with Crippen LogP contribution in [0.1, 0.15) is 31.1 Å². The molecule has 1 aliphatic rings. The summed E-state index contributed by atoms with van der Waals surface area (Å²) in [6, 6.07) is 10.1. The summed E-state index contributed by atoms with van der Waals surface area (Å²) in [6.07, 6.45) is -3.74. The molecule has 3 aromatic rings. The van der Waals surface area contributed by atoms with Crippen LogP contribution in [0.25, 0.3) is 21.9 Å². The molecule has 1 heterocycles. The Balaban J connectivity index is 1.70. The number of hydrogen-bond donors (Lipinski definition) is 1. The van der Waals surface area contributed by atoms with E-state index >= 15 is 4.39 Å². The first-order chi connectivity index (χ1) is 18.3. The fourth-order valence-corrected chi connectivity index (χ4v) is 4.88. The molecule has 1 fully saturated rings. The van der Waals surface area contributed by atoms with Gasteiger partial charge in [0.2, 0.25) is 0 Å². The Morgan fingerprint density at radius 3 is 2.46 bits per heavy atom. The monoisotopic (exact) mass is 563 g/mol. The number of piperazine rings is 1. The minimum absolute atomic E-state index is 0.0408. The Labute approximate surface area is 229 Å². The van der Waals surface area contributed by atoms with Gasteiger partial charge >= 0.3 is 6.09 Å². The van der Waals surface area contributed by atoms with Crippen molar-refractivity contribution in [2.75, 3.05) is 32.5 Å². The molecule has 1 atom stereocenters. The van der Waals surface area contributed by atoms with Crippen LogP contribution in [-0.4, -0.2) is 66.6 Å². The lowest BCUT2D eigenvalue weighted by Gasteiger charge is -2.41. The first-order valence-corrected chi connectivity index (χ1v) is 12.6. The molecule has 39 heavy (non-hydrogen) atoms. The summed E-state index contributed by atoms with van der Waals surface area (Å²) < 4.78 is 54.6. The molecule has 0 saturated carbocycles. The predicted octanol–water partition coefficient (Wildman–Crippen LogP) is 6.22. The van der Waals surface area contributed by atoms with Gasteiger partial charge in [0.15, 0.2) is 5.82 Å². The number of nitrogens with two attached hydrogens (primary N) is 1. The van der Waals surface area contributed by atoms with E-state index in [1.165, 1.54) is 13.2 Å². The standard InChI is InChI=1S/C28H29ClF3N3O4/c1-28(2,3)39-27(37)34-9-10-35(21(14-34)25(31)32)26(36)19-13-20(29)22(23(30)24(19)33)18-12-16(38-4)11-15-7-5-6-8-17(15)18/h5-8,11-13,21,25H,9-10,14,33H2,1-4H3. The van der Waals surface area contributed by atoms with E-state index in [0.29, 0.717) is 16.7 Å². The average molecular weight is 564 g/mol. The molecule has 1 saturated heterocycles. The lowest BCUT2D eigenvalue weighted by molar-refractivity contribution is -0.0282. The average Bonchev–Trinajstić information content (AvgIpc) is 2.88. The lowest BCUT2D eigenvalue weighted by atomic mass is 9.95. The Kier molecular flexibility index (Phi) is 7.88. The molecule has 4 rings (SSSR count). The molecular weight excluding hydrogens is 535 g/mol. The molecule has 2 amide bonds. The number of benzene rings is 3. The van der Waals surface area contributed by atoms with Gasteiger partial charge < -0.3 is 25.0 Å². The summed E-state index contributed by atoms with van der Waals surface area (Å²) in [5.41, 5.74) is 4.77. The first kappa shape index (κ1) is 28.4. The van der Waals surface area contributed by atoms with Crippen LogP contribution >= 0.6 is 11.6 Å². The van der Waals surface area contributed by atoms with Crippen molar-refractivity contribution in [1.82, 2.24) is 9.80 Å². The molecule has 2 N–H and O–H groups in total. The van der Waals surface area contributed by atoms with Crippen LogP contribution in [0, 0.1) is 5.82 Å². The zero-order chi connectivity index (χ0) is 28.6. The van der Waals surface area contributed by atoms with E-state index in [9.17, 15) is 18.4 Å².